The van der Waals surface area contributed by atoms with Crippen molar-refractivity contribution in [3.63, 3.8) is 0 Å². The van der Waals surface area contributed by atoms with Crippen LogP contribution in [0.15, 0.2) is 29.2 Å². The summed E-state index contributed by atoms with van der Waals surface area (Å²) in [6, 6.07) is 6.49. The minimum absolute atomic E-state index is 0. The van der Waals surface area contributed by atoms with Gasteiger partial charge < -0.3 is 0 Å². The third-order valence-electron chi connectivity index (χ3n) is 1.77. The molecule has 0 saturated carbocycles. The Morgan fingerprint density at radius 3 is 2.36 bits per heavy atom. The molecule has 14 heavy (non-hydrogen) atoms. The fourth-order valence-electron chi connectivity index (χ4n) is 1.23. The van der Waals surface area contributed by atoms with Crippen molar-refractivity contribution >= 4 is 29.0 Å². The quantitative estimate of drug-likeness (QED) is 0.600. The molecular formula is C9H13LiO3S. The monoisotopic (exact) mass is 208 g/mol. The topological polar surface area (TPSA) is 54.4 Å². The Balaban J connectivity index is 0.00000169. The molecule has 0 aliphatic carbocycles. The Kier molecular flexibility index (Phi) is 5.46. The molecule has 0 bridgehead atoms. The van der Waals surface area contributed by atoms with Crippen molar-refractivity contribution in [3.05, 3.63) is 29.8 Å². The first-order valence-electron chi connectivity index (χ1n) is 4.11. The summed E-state index contributed by atoms with van der Waals surface area (Å²) < 4.78 is 30.6. The van der Waals surface area contributed by atoms with Gasteiger partial charge in [-0.3, -0.25) is 4.55 Å². The second-order valence-electron chi connectivity index (χ2n) is 2.83. The van der Waals surface area contributed by atoms with Crippen LogP contribution in [0, 0.1) is 0 Å². The van der Waals surface area contributed by atoms with Crippen molar-refractivity contribution in [3.8, 4) is 0 Å². The average molecular weight is 208 g/mol. The van der Waals surface area contributed by atoms with Gasteiger partial charge in [-0.25, -0.2) is 0 Å². The minimum atomic E-state index is -4.06. The van der Waals surface area contributed by atoms with Gasteiger partial charge in [0.25, 0.3) is 10.1 Å². The molecule has 1 N–H and O–H groups in total. The van der Waals surface area contributed by atoms with Gasteiger partial charge >= 0.3 is 18.9 Å². The molecule has 0 aromatic heterocycles. The third-order valence-corrected chi connectivity index (χ3v) is 2.72. The summed E-state index contributed by atoms with van der Waals surface area (Å²) in [6.45, 7) is 1.96. The molecule has 5 heteroatoms. The fraction of sp³-hybridized carbons (Fsp3) is 0.333. The number of hydrogen-bond acceptors (Lipinski definition) is 2. The van der Waals surface area contributed by atoms with Crippen LogP contribution in [-0.4, -0.2) is 31.8 Å². The van der Waals surface area contributed by atoms with Gasteiger partial charge in [-0.05, 0) is 18.1 Å². The summed E-state index contributed by atoms with van der Waals surface area (Å²) in [5, 5.41) is 0. The van der Waals surface area contributed by atoms with E-state index in [9.17, 15) is 8.42 Å². The molecule has 0 radical (unpaired) electrons. The summed E-state index contributed by atoms with van der Waals surface area (Å²) in [4.78, 5) is 0.0249. The van der Waals surface area contributed by atoms with E-state index in [-0.39, 0.29) is 23.8 Å². The predicted molar refractivity (Wildman–Crippen MR) is 57.4 cm³/mol. The summed E-state index contributed by atoms with van der Waals surface area (Å²) >= 11 is 0. The maximum atomic E-state index is 10.9. The fourth-order valence-corrected chi connectivity index (χ4v) is 1.98. The first-order valence-corrected chi connectivity index (χ1v) is 5.55. The Morgan fingerprint density at radius 2 is 1.86 bits per heavy atom. The van der Waals surface area contributed by atoms with Crippen LogP contribution in [0.2, 0.25) is 0 Å². The molecule has 3 nitrogen and oxygen atoms in total. The summed E-state index contributed by atoms with van der Waals surface area (Å²) in [5.74, 6) is 0. The molecule has 0 atom stereocenters. The number of benzene rings is 1. The van der Waals surface area contributed by atoms with Gasteiger partial charge in [-0.2, -0.15) is 8.42 Å². The molecule has 1 rings (SSSR count). The Labute approximate surface area is 96.5 Å². The van der Waals surface area contributed by atoms with Crippen molar-refractivity contribution in [1.29, 1.82) is 0 Å². The molecule has 0 amide bonds. The van der Waals surface area contributed by atoms with E-state index < -0.39 is 10.1 Å². The van der Waals surface area contributed by atoms with E-state index in [0.29, 0.717) is 12.0 Å². The van der Waals surface area contributed by atoms with E-state index >= 15 is 0 Å². The molecule has 0 spiro atoms. The van der Waals surface area contributed by atoms with Gasteiger partial charge in [-0.1, -0.05) is 31.5 Å². The zero-order valence-corrected chi connectivity index (χ0v) is 8.21. The van der Waals surface area contributed by atoms with Crippen molar-refractivity contribution in [2.75, 3.05) is 0 Å². The first kappa shape index (κ1) is 13.7. The van der Waals surface area contributed by atoms with Gasteiger partial charge in [0.05, 0.1) is 4.90 Å². The van der Waals surface area contributed by atoms with Gasteiger partial charge in [0.1, 0.15) is 0 Å². The van der Waals surface area contributed by atoms with Crippen LogP contribution in [0.1, 0.15) is 18.9 Å². The van der Waals surface area contributed by atoms with E-state index in [0.717, 1.165) is 6.42 Å². The van der Waals surface area contributed by atoms with E-state index in [2.05, 4.69) is 0 Å². The average Bonchev–Trinajstić information content (AvgIpc) is 2.04. The Hall–Kier alpha value is -0.273. The van der Waals surface area contributed by atoms with Gasteiger partial charge in [0, 0.05) is 0 Å². The molecule has 0 heterocycles. The second-order valence-corrected chi connectivity index (χ2v) is 4.22. The van der Waals surface area contributed by atoms with Gasteiger partial charge in [-0.15, -0.1) is 0 Å². The molecule has 1 aromatic rings. The Bertz CT molecular complexity index is 387. The van der Waals surface area contributed by atoms with E-state index in [1.165, 1.54) is 6.07 Å². The molecule has 0 aliphatic rings. The van der Waals surface area contributed by atoms with Crippen LogP contribution >= 0.6 is 0 Å². The molecule has 0 aliphatic heterocycles. The van der Waals surface area contributed by atoms with Crippen molar-refractivity contribution in [2.45, 2.75) is 24.7 Å². The predicted octanol–water partition coefficient (Wildman–Crippen LogP) is 1.24. The SMILES string of the molecule is CCCc1ccccc1S(=O)(=O)O.[LiH]. The number of aryl methyl sites for hydroxylation is 1. The normalized spacial score (nSPS) is 10.7. The molecule has 1 aromatic carbocycles. The van der Waals surface area contributed by atoms with Crippen LogP contribution in [0.25, 0.3) is 0 Å². The van der Waals surface area contributed by atoms with Crippen LogP contribution in [0.5, 0.6) is 0 Å². The first-order chi connectivity index (χ1) is 6.05. The van der Waals surface area contributed by atoms with E-state index in [1.54, 1.807) is 18.2 Å². The summed E-state index contributed by atoms with van der Waals surface area (Å²) in [6.07, 6.45) is 1.52. The summed E-state index contributed by atoms with van der Waals surface area (Å²) in [5.41, 5.74) is 0.674. The van der Waals surface area contributed by atoms with E-state index in [1.807, 2.05) is 6.92 Å². The van der Waals surface area contributed by atoms with Crippen LogP contribution in [0.4, 0.5) is 0 Å². The zero-order chi connectivity index (χ0) is 9.90. The van der Waals surface area contributed by atoms with E-state index in [4.69, 9.17) is 4.55 Å². The second kappa shape index (κ2) is 5.57. The molecular weight excluding hydrogens is 195 g/mol. The Morgan fingerprint density at radius 1 is 1.29 bits per heavy atom. The summed E-state index contributed by atoms with van der Waals surface area (Å²) in [7, 11) is -4.06. The van der Waals surface area contributed by atoms with Crippen LogP contribution < -0.4 is 0 Å². The van der Waals surface area contributed by atoms with Crippen molar-refractivity contribution < 1.29 is 13.0 Å². The van der Waals surface area contributed by atoms with Crippen LogP contribution in [-0.2, 0) is 16.5 Å². The standard InChI is InChI=1S/C9H12O3S.Li.H/c1-2-5-8-6-3-4-7-9(8)13(10,11)12;;/h3-4,6-7H,2,5H2,1H3,(H,10,11,12);;. The van der Waals surface area contributed by atoms with Gasteiger partial charge in [0.15, 0.2) is 0 Å². The maximum absolute atomic E-state index is 10.9. The number of rotatable bonds is 3. The molecule has 74 valence electrons. The van der Waals surface area contributed by atoms with Gasteiger partial charge in [0.2, 0.25) is 0 Å². The third kappa shape index (κ3) is 3.47. The molecule has 0 unspecified atom stereocenters. The van der Waals surface area contributed by atoms with Crippen LogP contribution in [0.3, 0.4) is 0 Å². The number of hydrogen-bond donors (Lipinski definition) is 1. The molecule has 0 fully saturated rings. The van der Waals surface area contributed by atoms with Crippen molar-refractivity contribution in [2.24, 2.45) is 0 Å². The molecule has 0 saturated heterocycles. The zero-order valence-electron chi connectivity index (χ0n) is 7.40. The van der Waals surface area contributed by atoms with Crippen molar-refractivity contribution in [1.82, 2.24) is 0 Å².